The summed E-state index contributed by atoms with van der Waals surface area (Å²) in [6.07, 6.45) is 1.35. The second kappa shape index (κ2) is 8.31. The minimum atomic E-state index is 0.336. The molecule has 2 atom stereocenters. The first kappa shape index (κ1) is 17.0. The first-order valence-corrected chi connectivity index (χ1v) is 9.36. The van der Waals surface area contributed by atoms with E-state index < -0.39 is 0 Å². The van der Waals surface area contributed by atoms with Gasteiger partial charge in [0.25, 0.3) is 0 Å². The molecule has 0 spiro atoms. The van der Waals surface area contributed by atoms with E-state index in [2.05, 4.69) is 95.9 Å². The van der Waals surface area contributed by atoms with Crippen LogP contribution >= 0.6 is 0 Å². The third-order valence-electron chi connectivity index (χ3n) is 5.00. The average molecular weight is 343 g/mol. The highest BCUT2D eigenvalue weighted by Gasteiger charge is 2.36. The summed E-state index contributed by atoms with van der Waals surface area (Å²) in [6, 6.07) is 32.7. The molecule has 2 heteroatoms. The molecule has 2 nitrogen and oxygen atoms in total. The molecule has 1 aliphatic heterocycles. The van der Waals surface area contributed by atoms with Crippen molar-refractivity contribution in [1.82, 2.24) is 4.90 Å². The fourth-order valence-corrected chi connectivity index (χ4v) is 3.56. The topological polar surface area (TPSA) is 15.8 Å². The number of epoxide rings is 1. The molecule has 132 valence electrons. The Morgan fingerprint density at radius 1 is 0.692 bits per heavy atom. The minimum Gasteiger partial charge on any atom is -0.371 e. The molecule has 4 rings (SSSR count). The van der Waals surface area contributed by atoms with E-state index in [1.807, 2.05) is 0 Å². The molecule has 0 amide bonds. The molecular weight excluding hydrogens is 318 g/mol. The maximum absolute atomic E-state index is 5.76. The van der Waals surface area contributed by atoms with Crippen LogP contribution in [0.1, 0.15) is 16.7 Å². The standard InChI is InChI=1S/C24H25NO/c1-4-10-20(11-5-1)16-23(24-19-26-24)25(17-21-12-6-2-7-13-21)18-22-14-8-3-9-15-22/h1-15,23-24H,16-19H2. The summed E-state index contributed by atoms with van der Waals surface area (Å²) in [4.78, 5) is 2.58. The number of hydrogen-bond acceptors (Lipinski definition) is 2. The molecule has 2 unspecified atom stereocenters. The van der Waals surface area contributed by atoms with E-state index in [4.69, 9.17) is 4.74 Å². The lowest BCUT2D eigenvalue weighted by Gasteiger charge is -2.31. The molecule has 1 saturated heterocycles. The monoisotopic (exact) mass is 343 g/mol. The number of hydrogen-bond donors (Lipinski definition) is 0. The SMILES string of the molecule is c1ccc(CC(C2CO2)N(Cc2ccccc2)Cc2ccccc2)cc1. The van der Waals surface area contributed by atoms with E-state index in [0.717, 1.165) is 26.1 Å². The summed E-state index contributed by atoms with van der Waals surface area (Å²) in [5.74, 6) is 0. The van der Waals surface area contributed by atoms with Gasteiger partial charge < -0.3 is 4.74 Å². The molecule has 0 radical (unpaired) electrons. The zero-order chi connectivity index (χ0) is 17.6. The maximum Gasteiger partial charge on any atom is 0.0968 e. The molecule has 1 aliphatic rings. The molecule has 1 heterocycles. The smallest absolute Gasteiger partial charge is 0.0968 e. The molecule has 3 aromatic carbocycles. The first-order chi connectivity index (χ1) is 12.9. The van der Waals surface area contributed by atoms with Crippen LogP contribution in [0, 0.1) is 0 Å². The van der Waals surface area contributed by atoms with E-state index in [1.165, 1.54) is 16.7 Å². The second-order valence-corrected chi connectivity index (χ2v) is 7.01. The summed E-state index contributed by atoms with van der Waals surface area (Å²) in [7, 11) is 0. The van der Waals surface area contributed by atoms with Crippen LogP contribution in [0.5, 0.6) is 0 Å². The summed E-state index contributed by atoms with van der Waals surface area (Å²) >= 11 is 0. The van der Waals surface area contributed by atoms with E-state index in [-0.39, 0.29) is 0 Å². The van der Waals surface area contributed by atoms with Crippen LogP contribution in [0.3, 0.4) is 0 Å². The van der Waals surface area contributed by atoms with Gasteiger partial charge in [0.05, 0.1) is 12.7 Å². The average Bonchev–Trinajstić information content (AvgIpc) is 3.53. The fraction of sp³-hybridized carbons (Fsp3) is 0.250. The lowest BCUT2D eigenvalue weighted by Crippen LogP contribution is -2.40. The van der Waals surface area contributed by atoms with Crippen LogP contribution in [-0.2, 0) is 24.2 Å². The lowest BCUT2D eigenvalue weighted by molar-refractivity contribution is 0.144. The Balaban J connectivity index is 1.58. The van der Waals surface area contributed by atoms with Crippen molar-refractivity contribution < 1.29 is 4.74 Å². The van der Waals surface area contributed by atoms with Crippen molar-refractivity contribution in [3.63, 3.8) is 0 Å². The van der Waals surface area contributed by atoms with Gasteiger partial charge in [-0.2, -0.15) is 0 Å². The van der Waals surface area contributed by atoms with Crippen molar-refractivity contribution in [1.29, 1.82) is 0 Å². The molecule has 3 aromatic rings. The van der Waals surface area contributed by atoms with Crippen molar-refractivity contribution in [2.75, 3.05) is 6.61 Å². The molecular formula is C24H25NO. The Morgan fingerprint density at radius 2 is 1.12 bits per heavy atom. The van der Waals surface area contributed by atoms with Crippen molar-refractivity contribution in [2.24, 2.45) is 0 Å². The fourth-order valence-electron chi connectivity index (χ4n) is 3.56. The van der Waals surface area contributed by atoms with Crippen LogP contribution in [-0.4, -0.2) is 23.7 Å². The van der Waals surface area contributed by atoms with E-state index in [1.54, 1.807) is 0 Å². The van der Waals surface area contributed by atoms with Crippen LogP contribution in [0.15, 0.2) is 91.0 Å². The summed E-state index contributed by atoms with van der Waals surface area (Å²) < 4.78 is 5.76. The second-order valence-electron chi connectivity index (χ2n) is 7.01. The van der Waals surface area contributed by atoms with E-state index in [9.17, 15) is 0 Å². The van der Waals surface area contributed by atoms with Gasteiger partial charge in [0.2, 0.25) is 0 Å². The van der Waals surface area contributed by atoms with Crippen LogP contribution < -0.4 is 0 Å². The highest BCUT2D eigenvalue weighted by atomic mass is 16.6. The normalized spacial score (nSPS) is 17.2. The van der Waals surface area contributed by atoms with Crippen LogP contribution in [0.25, 0.3) is 0 Å². The van der Waals surface area contributed by atoms with Gasteiger partial charge in [-0.25, -0.2) is 0 Å². The third-order valence-corrected chi connectivity index (χ3v) is 5.00. The van der Waals surface area contributed by atoms with Gasteiger partial charge in [-0.1, -0.05) is 91.0 Å². The van der Waals surface area contributed by atoms with Gasteiger partial charge in [0, 0.05) is 19.1 Å². The van der Waals surface area contributed by atoms with Crippen molar-refractivity contribution in [2.45, 2.75) is 31.7 Å². The summed E-state index contributed by atoms with van der Waals surface area (Å²) in [6.45, 7) is 2.75. The summed E-state index contributed by atoms with van der Waals surface area (Å²) in [5.41, 5.74) is 4.07. The van der Waals surface area contributed by atoms with Gasteiger partial charge in [0.15, 0.2) is 0 Å². The van der Waals surface area contributed by atoms with Gasteiger partial charge in [-0.05, 0) is 23.1 Å². The molecule has 0 aromatic heterocycles. The predicted molar refractivity (Wildman–Crippen MR) is 106 cm³/mol. The molecule has 26 heavy (non-hydrogen) atoms. The van der Waals surface area contributed by atoms with Gasteiger partial charge >= 0.3 is 0 Å². The molecule has 0 N–H and O–H groups in total. The largest absolute Gasteiger partial charge is 0.371 e. The van der Waals surface area contributed by atoms with Gasteiger partial charge in [0.1, 0.15) is 0 Å². The molecule has 0 aliphatic carbocycles. The van der Waals surface area contributed by atoms with E-state index in [0.29, 0.717) is 12.1 Å². The Kier molecular flexibility index (Phi) is 5.44. The minimum absolute atomic E-state index is 0.336. The number of benzene rings is 3. The number of nitrogens with zero attached hydrogens (tertiary/aromatic N) is 1. The first-order valence-electron chi connectivity index (χ1n) is 9.36. The Hall–Kier alpha value is -2.42. The zero-order valence-electron chi connectivity index (χ0n) is 15.0. The maximum atomic E-state index is 5.76. The van der Waals surface area contributed by atoms with E-state index >= 15 is 0 Å². The van der Waals surface area contributed by atoms with Crippen molar-refractivity contribution in [3.8, 4) is 0 Å². The quantitative estimate of drug-likeness (QED) is 0.551. The van der Waals surface area contributed by atoms with Crippen molar-refractivity contribution in [3.05, 3.63) is 108 Å². The Bertz CT molecular complexity index is 743. The van der Waals surface area contributed by atoms with Crippen molar-refractivity contribution >= 4 is 0 Å². The molecule has 1 fully saturated rings. The summed E-state index contributed by atoms with van der Waals surface area (Å²) in [5, 5.41) is 0. The molecule has 0 bridgehead atoms. The number of ether oxygens (including phenoxy) is 1. The van der Waals surface area contributed by atoms with Gasteiger partial charge in [-0.15, -0.1) is 0 Å². The highest BCUT2D eigenvalue weighted by molar-refractivity contribution is 5.20. The Morgan fingerprint density at radius 3 is 1.54 bits per heavy atom. The number of rotatable bonds is 8. The van der Waals surface area contributed by atoms with Crippen LogP contribution in [0.4, 0.5) is 0 Å². The van der Waals surface area contributed by atoms with Crippen LogP contribution in [0.2, 0.25) is 0 Å². The lowest BCUT2D eigenvalue weighted by atomic mass is 10.0. The van der Waals surface area contributed by atoms with Gasteiger partial charge in [-0.3, -0.25) is 4.90 Å². The highest BCUT2D eigenvalue weighted by Crippen LogP contribution is 2.26. The zero-order valence-corrected chi connectivity index (χ0v) is 15.0. The third kappa shape index (κ3) is 4.60. The Labute approximate surface area is 156 Å². The molecule has 0 saturated carbocycles. The predicted octanol–water partition coefficient (Wildman–Crippen LogP) is 4.70.